The second-order valence-corrected chi connectivity index (χ2v) is 8.55. The molecule has 0 atom stereocenters. The smallest absolute Gasteiger partial charge is 0.302 e. The van der Waals surface area contributed by atoms with Crippen LogP contribution in [0.15, 0.2) is 70.9 Å². The van der Waals surface area contributed by atoms with Gasteiger partial charge in [0.05, 0.1) is 33.3 Å². The molecule has 0 bridgehead atoms. The van der Waals surface area contributed by atoms with Crippen LogP contribution in [-0.4, -0.2) is 39.6 Å². The third-order valence-corrected chi connectivity index (χ3v) is 6.34. The van der Waals surface area contributed by atoms with Crippen molar-refractivity contribution in [1.82, 2.24) is 9.97 Å². The number of aromatic amines is 1. The number of hydrogen-bond donors (Lipinski definition) is 2. The van der Waals surface area contributed by atoms with Crippen LogP contribution < -0.4 is 9.47 Å². The number of carbonyl (C=O) groups is 1. The largest absolute Gasteiger partial charge is 0.493 e. The summed E-state index contributed by atoms with van der Waals surface area (Å²) in [7, 11) is 1.49. The fourth-order valence-electron chi connectivity index (χ4n) is 3.62. The van der Waals surface area contributed by atoms with E-state index in [0.717, 1.165) is 10.2 Å². The molecule has 2 N–H and O–H groups in total. The first-order chi connectivity index (χ1) is 17.4. The number of para-hydroxylation sites is 2. The fourth-order valence-corrected chi connectivity index (χ4v) is 4.60. The molecule has 0 saturated carbocycles. The highest BCUT2D eigenvalue weighted by molar-refractivity contribution is 7.21. The van der Waals surface area contributed by atoms with Crippen molar-refractivity contribution in [3.8, 4) is 28.0 Å². The van der Waals surface area contributed by atoms with E-state index in [-0.39, 0.29) is 22.6 Å². The van der Waals surface area contributed by atoms with E-state index in [9.17, 15) is 20.0 Å². The van der Waals surface area contributed by atoms with Gasteiger partial charge in [-0.15, -0.1) is 21.6 Å². The molecule has 0 fully saturated rings. The number of H-pyrrole nitrogens is 1. The van der Waals surface area contributed by atoms with Gasteiger partial charge in [-0.25, -0.2) is 4.98 Å². The molecule has 0 unspecified atom stereocenters. The minimum Gasteiger partial charge on any atom is -0.493 e. The molecule has 36 heavy (non-hydrogen) atoms. The van der Waals surface area contributed by atoms with Gasteiger partial charge in [0.2, 0.25) is 5.88 Å². The van der Waals surface area contributed by atoms with Crippen molar-refractivity contribution in [2.45, 2.75) is 0 Å². The number of methoxy groups -OCH3 is 1. The molecule has 3 aromatic carbocycles. The number of thiazole rings is 1. The summed E-state index contributed by atoms with van der Waals surface area (Å²) < 4.78 is 12.2. The first-order valence-electron chi connectivity index (χ1n) is 10.5. The van der Waals surface area contributed by atoms with Gasteiger partial charge in [-0.1, -0.05) is 18.2 Å². The third-order valence-electron chi connectivity index (χ3n) is 5.27. The number of nitrogens with one attached hydrogen (secondary N) is 1. The van der Waals surface area contributed by atoms with Gasteiger partial charge in [0.1, 0.15) is 5.01 Å². The van der Waals surface area contributed by atoms with Crippen LogP contribution in [0, 0.1) is 10.1 Å². The minimum atomic E-state index is -0.740. The number of non-ortho nitro benzene ring substituents is 1. The Bertz CT molecular complexity index is 1620. The lowest BCUT2D eigenvalue weighted by Gasteiger charge is -2.12. The number of hydrogen-bond acceptors (Lipinski definition) is 9. The Morgan fingerprint density at radius 1 is 1.19 bits per heavy atom. The van der Waals surface area contributed by atoms with Crippen molar-refractivity contribution < 1.29 is 24.3 Å². The highest BCUT2D eigenvalue weighted by Gasteiger charge is 2.18. The Morgan fingerprint density at radius 3 is 2.81 bits per heavy atom. The molecule has 11 nitrogen and oxygen atoms in total. The molecule has 0 spiro atoms. The van der Waals surface area contributed by atoms with Gasteiger partial charge in [-0.3, -0.25) is 14.9 Å². The van der Waals surface area contributed by atoms with Crippen molar-refractivity contribution in [2.75, 3.05) is 13.7 Å². The van der Waals surface area contributed by atoms with Crippen molar-refractivity contribution in [2.24, 2.45) is 10.2 Å². The lowest BCUT2D eigenvalue weighted by Crippen LogP contribution is -2.09. The van der Waals surface area contributed by atoms with Gasteiger partial charge in [0.25, 0.3) is 5.69 Å². The van der Waals surface area contributed by atoms with Gasteiger partial charge in [-0.2, -0.15) is 0 Å². The van der Waals surface area contributed by atoms with E-state index in [0.29, 0.717) is 27.6 Å². The average Bonchev–Trinajstić information content (AvgIpc) is 3.45. The molecular weight excluding hydrogens is 486 g/mol. The van der Waals surface area contributed by atoms with Crippen LogP contribution in [0.2, 0.25) is 0 Å². The summed E-state index contributed by atoms with van der Waals surface area (Å²) in [6, 6.07) is 17.0. The zero-order valence-electron chi connectivity index (χ0n) is 18.7. The van der Waals surface area contributed by atoms with E-state index >= 15 is 0 Å². The van der Waals surface area contributed by atoms with E-state index in [4.69, 9.17) is 9.47 Å². The number of benzene rings is 3. The van der Waals surface area contributed by atoms with Crippen LogP contribution in [0.4, 0.5) is 11.4 Å². The SMILES string of the molecule is COc1cccc(-c2nc3ccccc3s2)c1OCC(=O)N=Nc1c(O)[nH]c2ccc([N+](=O)[O-])cc12. The molecule has 0 aliphatic rings. The number of azo groups is 1. The van der Waals surface area contributed by atoms with Gasteiger partial charge in [-0.05, 0) is 30.3 Å². The van der Waals surface area contributed by atoms with E-state index in [1.807, 2.05) is 30.3 Å². The van der Waals surface area contributed by atoms with Gasteiger partial charge < -0.3 is 19.6 Å². The molecule has 5 aromatic rings. The molecular formula is C24H17N5O6S. The van der Waals surface area contributed by atoms with Crippen LogP contribution in [0.25, 0.3) is 31.7 Å². The lowest BCUT2D eigenvalue weighted by atomic mass is 10.2. The van der Waals surface area contributed by atoms with Crippen molar-refractivity contribution in [3.63, 3.8) is 0 Å². The van der Waals surface area contributed by atoms with Gasteiger partial charge in [0, 0.05) is 17.5 Å². The first-order valence-corrected chi connectivity index (χ1v) is 11.4. The number of aromatic hydroxyl groups is 1. The summed E-state index contributed by atoms with van der Waals surface area (Å²) in [5, 5.41) is 29.6. The fraction of sp³-hybridized carbons (Fsp3) is 0.0833. The summed E-state index contributed by atoms with van der Waals surface area (Å²) in [6.45, 7) is -0.467. The minimum absolute atomic E-state index is 0.0884. The molecule has 180 valence electrons. The Hall–Kier alpha value is -4.84. The van der Waals surface area contributed by atoms with Crippen LogP contribution in [0.3, 0.4) is 0 Å². The molecule has 2 aromatic heterocycles. The monoisotopic (exact) mass is 503 g/mol. The topological polar surface area (TPSA) is 152 Å². The molecule has 0 saturated heterocycles. The summed E-state index contributed by atoms with van der Waals surface area (Å²) in [4.78, 5) is 30.3. The van der Waals surface area contributed by atoms with E-state index in [1.54, 1.807) is 12.1 Å². The van der Waals surface area contributed by atoms with Gasteiger partial charge in [0.15, 0.2) is 23.8 Å². The lowest BCUT2D eigenvalue weighted by molar-refractivity contribution is -0.384. The van der Waals surface area contributed by atoms with E-state index in [2.05, 4.69) is 20.2 Å². The Labute approximate surface area is 206 Å². The molecule has 0 aliphatic carbocycles. The predicted molar refractivity (Wildman–Crippen MR) is 133 cm³/mol. The number of fused-ring (bicyclic) bond motifs is 2. The van der Waals surface area contributed by atoms with E-state index < -0.39 is 17.4 Å². The number of nitro groups is 1. The second-order valence-electron chi connectivity index (χ2n) is 7.52. The highest BCUT2D eigenvalue weighted by Crippen LogP contribution is 2.41. The molecule has 0 radical (unpaired) electrons. The van der Waals surface area contributed by atoms with Crippen molar-refractivity contribution in [1.29, 1.82) is 0 Å². The summed E-state index contributed by atoms with van der Waals surface area (Å²) in [5.74, 6) is -0.368. The number of amides is 1. The standard InChI is InChI=1S/C24H17N5O6S/c1-34-18-7-4-5-14(24-26-17-6-2-3-8-19(17)36-24)22(18)35-12-20(30)27-28-21-15-11-13(29(32)33)9-10-16(15)25-23(21)31/h2-11,25,31H,12H2,1H3. The number of ether oxygens (including phenoxy) is 2. The number of nitrogens with zero attached hydrogens (tertiary/aromatic N) is 4. The van der Waals surface area contributed by atoms with E-state index in [1.165, 1.54) is 36.6 Å². The number of rotatable bonds is 7. The normalized spacial score (nSPS) is 11.4. The maximum absolute atomic E-state index is 12.5. The Kier molecular flexibility index (Phi) is 6.00. The summed E-state index contributed by atoms with van der Waals surface area (Å²) >= 11 is 1.48. The number of carbonyl (C=O) groups excluding carboxylic acids is 1. The number of nitro benzene ring substituents is 1. The maximum atomic E-state index is 12.5. The average molecular weight is 503 g/mol. The van der Waals surface area contributed by atoms with Crippen LogP contribution in [0.1, 0.15) is 0 Å². The summed E-state index contributed by atoms with van der Waals surface area (Å²) in [5.41, 5.74) is 1.63. The summed E-state index contributed by atoms with van der Waals surface area (Å²) in [6.07, 6.45) is 0. The quantitative estimate of drug-likeness (QED) is 0.163. The molecule has 1 amide bonds. The third kappa shape index (κ3) is 4.32. The zero-order valence-corrected chi connectivity index (χ0v) is 19.5. The zero-order chi connectivity index (χ0) is 25.2. The Balaban J connectivity index is 1.39. The second kappa shape index (κ2) is 9.43. The molecule has 2 heterocycles. The van der Waals surface area contributed by atoms with Crippen molar-refractivity contribution in [3.05, 3.63) is 70.8 Å². The van der Waals surface area contributed by atoms with Crippen LogP contribution in [-0.2, 0) is 4.79 Å². The highest BCUT2D eigenvalue weighted by atomic mass is 32.1. The molecule has 0 aliphatic heterocycles. The molecule has 5 rings (SSSR count). The first kappa shape index (κ1) is 22.9. The molecule has 12 heteroatoms. The Morgan fingerprint density at radius 2 is 2.03 bits per heavy atom. The van der Waals surface area contributed by atoms with Crippen LogP contribution in [0.5, 0.6) is 17.4 Å². The van der Waals surface area contributed by atoms with Crippen molar-refractivity contribution >= 4 is 49.7 Å². The predicted octanol–water partition coefficient (Wildman–Crippen LogP) is 5.76. The maximum Gasteiger partial charge on any atom is 0.302 e. The van der Waals surface area contributed by atoms with Gasteiger partial charge >= 0.3 is 5.91 Å². The van der Waals surface area contributed by atoms with Crippen LogP contribution >= 0.6 is 11.3 Å². The number of aromatic nitrogens is 2.